The first-order chi connectivity index (χ1) is 9.42. The highest BCUT2D eigenvalue weighted by Crippen LogP contribution is 2.56. The van der Waals surface area contributed by atoms with E-state index in [1.165, 1.54) is 57.8 Å². The Hall–Kier alpha value is -0.0400. The van der Waals surface area contributed by atoms with Crippen molar-refractivity contribution in [1.82, 2.24) is 0 Å². The zero-order chi connectivity index (χ0) is 14.4. The lowest BCUT2D eigenvalue weighted by atomic mass is 9.59. The van der Waals surface area contributed by atoms with Gasteiger partial charge in [0, 0.05) is 6.42 Å². The summed E-state index contributed by atoms with van der Waals surface area (Å²) in [6.45, 7) is 9.47. The highest BCUT2D eigenvalue weighted by Gasteiger charge is 2.56. The fourth-order valence-electron chi connectivity index (χ4n) is 5.30. The molecule has 3 aliphatic rings. The first kappa shape index (κ1) is 14.9. The summed E-state index contributed by atoms with van der Waals surface area (Å²) in [7, 11) is 0. The van der Waals surface area contributed by atoms with Crippen LogP contribution in [0.1, 0.15) is 85.5 Å². The molecule has 0 aromatic carbocycles. The van der Waals surface area contributed by atoms with Crippen LogP contribution in [0.3, 0.4) is 0 Å². The fourth-order valence-corrected chi connectivity index (χ4v) is 5.30. The van der Waals surface area contributed by atoms with Crippen LogP contribution in [0, 0.1) is 23.2 Å². The maximum Gasteiger partial charge on any atom is 0.0786 e. The molecule has 0 radical (unpaired) electrons. The molecule has 116 valence electrons. The van der Waals surface area contributed by atoms with Gasteiger partial charge in [0.25, 0.3) is 0 Å². The molecule has 1 heteroatoms. The Bertz CT molecular complexity index is 330. The van der Waals surface area contributed by atoms with Crippen molar-refractivity contribution >= 4 is 0 Å². The molecule has 1 aliphatic heterocycles. The third-order valence-corrected chi connectivity index (χ3v) is 6.71. The molecule has 4 atom stereocenters. The van der Waals surface area contributed by atoms with Gasteiger partial charge in [0.15, 0.2) is 0 Å². The van der Waals surface area contributed by atoms with Gasteiger partial charge in [-0.25, -0.2) is 0 Å². The van der Waals surface area contributed by atoms with Crippen LogP contribution in [-0.4, -0.2) is 11.7 Å². The minimum absolute atomic E-state index is 0.179. The van der Waals surface area contributed by atoms with Crippen molar-refractivity contribution in [2.24, 2.45) is 23.2 Å². The lowest BCUT2D eigenvalue weighted by Crippen LogP contribution is -2.62. The van der Waals surface area contributed by atoms with Crippen LogP contribution in [0.5, 0.6) is 0 Å². The number of ether oxygens (including phenoxy) is 1. The summed E-state index contributed by atoms with van der Waals surface area (Å²) in [4.78, 5) is 0. The molecule has 4 unspecified atom stereocenters. The van der Waals surface area contributed by atoms with E-state index in [-0.39, 0.29) is 5.60 Å². The molecule has 3 fully saturated rings. The predicted molar refractivity (Wildman–Crippen MR) is 84.8 cm³/mol. The maximum atomic E-state index is 6.47. The van der Waals surface area contributed by atoms with Crippen molar-refractivity contribution in [3.63, 3.8) is 0 Å². The number of rotatable bonds is 2. The average molecular weight is 278 g/mol. The van der Waals surface area contributed by atoms with Gasteiger partial charge in [-0.05, 0) is 42.9 Å². The first-order valence-electron chi connectivity index (χ1n) is 9.10. The Balaban J connectivity index is 1.75. The van der Waals surface area contributed by atoms with Crippen molar-refractivity contribution in [1.29, 1.82) is 0 Å². The number of hydrogen-bond donors (Lipinski definition) is 0. The zero-order valence-corrected chi connectivity index (χ0v) is 14.1. The van der Waals surface area contributed by atoms with E-state index >= 15 is 0 Å². The molecular formula is C19H34O. The highest BCUT2D eigenvalue weighted by atomic mass is 16.5. The Labute approximate surface area is 125 Å². The average Bonchev–Trinajstić information content (AvgIpc) is 2.46. The van der Waals surface area contributed by atoms with Crippen LogP contribution in [-0.2, 0) is 4.74 Å². The van der Waals surface area contributed by atoms with Crippen molar-refractivity contribution in [2.45, 2.75) is 97.2 Å². The lowest BCUT2D eigenvalue weighted by molar-refractivity contribution is -0.278. The standard InChI is InChI=1S/C19H34O/c1-14-13-19(20-14,18(2,3)4)17-11-6-5-8-16(12-17)15-9-7-10-15/h14-17H,5-13H2,1-4H3. The van der Waals surface area contributed by atoms with Gasteiger partial charge in [-0.1, -0.05) is 59.3 Å². The van der Waals surface area contributed by atoms with Gasteiger partial charge >= 0.3 is 0 Å². The van der Waals surface area contributed by atoms with E-state index in [1.54, 1.807) is 0 Å². The van der Waals surface area contributed by atoms with Gasteiger partial charge in [0.2, 0.25) is 0 Å². The normalized spacial score (nSPS) is 43.5. The van der Waals surface area contributed by atoms with Crippen molar-refractivity contribution in [3.05, 3.63) is 0 Å². The van der Waals surface area contributed by atoms with Crippen LogP contribution < -0.4 is 0 Å². The monoisotopic (exact) mass is 278 g/mol. The lowest BCUT2D eigenvalue weighted by Gasteiger charge is -2.59. The molecule has 0 spiro atoms. The van der Waals surface area contributed by atoms with E-state index < -0.39 is 0 Å². The van der Waals surface area contributed by atoms with Crippen molar-refractivity contribution in [3.8, 4) is 0 Å². The molecule has 0 bridgehead atoms. The van der Waals surface area contributed by atoms with Gasteiger partial charge < -0.3 is 4.74 Å². The first-order valence-corrected chi connectivity index (χ1v) is 9.10. The molecule has 0 aromatic heterocycles. The van der Waals surface area contributed by atoms with Crippen LogP contribution in [0.25, 0.3) is 0 Å². The minimum Gasteiger partial charge on any atom is -0.371 e. The molecule has 1 nitrogen and oxygen atoms in total. The topological polar surface area (TPSA) is 9.23 Å². The predicted octanol–water partition coefficient (Wildman–Crippen LogP) is 5.58. The molecule has 0 N–H and O–H groups in total. The van der Waals surface area contributed by atoms with E-state index in [2.05, 4.69) is 27.7 Å². The highest BCUT2D eigenvalue weighted by molar-refractivity contribution is 5.06. The van der Waals surface area contributed by atoms with Crippen LogP contribution in [0.4, 0.5) is 0 Å². The van der Waals surface area contributed by atoms with E-state index in [1.807, 2.05) is 0 Å². The van der Waals surface area contributed by atoms with Crippen LogP contribution >= 0.6 is 0 Å². The summed E-state index contributed by atoms with van der Waals surface area (Å²) in [5.41, 5.74) is 0.470. The second-order valence-electron chi connectivity index (χ2n) is 8.94. The minimum atomic E-state index is 0.179. The molecule has 20 heavy (non-hydrogen) atoms. The third-order valence-electron chi connectivity index (χ3n) is 6.71. The van der Waals surface area contributed by atoms with Crippen LogP contribution in [0.2, 0.25) is 0 Å². The molecular weight excluding hydrogens is 244 g/mol. The molecule has 1 saturated heterocycles. The van der Waals surface area contributed by atoms with Crippen molar-refractivity contribution < 1.29 is 4.74 Å². The smallest absolute Gasteiger partial charge is 0.0786 e. The SMILES string of the molecule is CC1CC(C2CCCCC(C3CCC3)C2)(C(C)(C)C)O1. The Morgan fingerprint density at radius 2 is 1.50 bits per heavy atom. The molecule has 2 saturated carbocycles. The van der Waals surface area contributed by atoms with Gasteiger partial charge in [-0.15, -0.1) is 0 Å². The second kappa shape index (κ2) is 5.30. The second-order valence-corrected chi connectivity index (χ2v) is 8.94. The molecule has 3 rings (SSSR count). The summed E-state index contributed by atoms with van der Waals surface area (Å²) in [5.74, 6) is 2.88. The van der Waals surface area contributed by atoms with Crippen molar-refractivity contribution in [2.75, 3.05) is 0 Å². The molecule has 1 heterocycles. The molecule has 0 aromatic rings. The fraction of sp³-hybridized carbons (Fsp3) is 1.00. The molecule has 2 aliphatic carbocycles. The number of hydrogen-bond acceptors (Lipinski definition) is 1. The summed E-state index contributed by atoms with van der Waals surface area (Å²) in [5, 5.41) is 0. The summed E-state index contributed by atoms with van der Waals surface area (Å²) in [6.07, 6.45) is 13.5. The van der Waals surface area contributed by atoms with E-state index in [4.69, 9.17) is 4.74 Å². The van der Waals surface area contributed by atoms with E-state index in [0.717, 1.165) is 17.8 Å². The van der Waals surface area contributed by atoms with Crippen LogP contribution in [0.15, 0.2) is 0 Å². The Morgan fingerprint density at radius 3 is 2.00 bits per heavy atom. The zero-order valence-electron chi connectivity index (χ0n) is 14.1. The van der Waals surface area contributed by atoms with Gasteiger partial charge in [-0.3, -0.25) is 0 Å². The summed E-state index contributed by atoms with van der Waals surface area (Å²) < 4.78 is 6.47. The van der Waals surface area contributed by atoms with E-state index in [0.29, 0.717) is 11.5 Å². The van der Waals surface area contributed by atoms with E-state index in [9.17, 15) is 0 Å². The van der Waals surface area contributed by atoms with Gasteiger partial charge in [0.05, 0.1) is 11.7 Å². The third kappa shape index (κ3) is 2.45. The summed E-state index contributed by atoms with van der Waals surface area (Å²) >= 11 is 0. The maximum absolute atomic E-state index is 6.47. The summed E-state index contributed by atoms with van der Waals surface area (Å²) in [6, 6.07) is 0. The Morgan fingerprint density at radius 1 is 0.900 bits per heavy atom. The largest absolute Gasteiger partial charge is 0.371 e. The molecule has 0 amide bonds. The van der Waals surface area contributed by atoms with Gasteiger partial charge in [0.1, 0.15) is 0 Å². The quantitative estimate of drug-likeness (QED) is 0.599. The Kier molecular flexibility index (Phi) is 3.95. The van der Waals surface area contributed by atoms with Gasteiger partial charge in [-0.2, -0.15) is 0 Å².